The molecule has 1 N–H and O–H groups in total. The lowest BCUT2D eigenvalue weighted by Crippen LogP contribution is -2.23. The Morgan fingerprint density at radius 1 is 1.40 bits per heavy atom. The Kier molecular flexibility index (Phi) is 5.09. The maximum Gasteiger partial charge on any atom is 0.230 e. The molecule has 0 saturated carbocycles. The molecule has 1 saturated heterocycles. The Morgan fingerprint density at radius 3 is 2.85 bits per heavy atom. The number of aryl methyl sites for hydroxylation is 1. The van der Waals surface area contributed by atoms with Crippen molar-refractivity contribution < 1.29 is 13.2 Å². The molecule has 1 aliphatic rings. The van der Waals surface area contributed by atoms with E-state index in [2.05, 4.69) is 22.4 Å². The Balaban J connectivity index is 1.86. The van der Waals surface area contributed by atoms with Crippen molar-refractivity contribution in [1.82, 2.24) is 10.2 Å². The van der Waals surface area contributed by atoms with Crippen LogP contribution in [0.4, 0.5) is 5.13 Å². The lowest BCUT2D eigenvalue weighted by Gasteiger charge is -2.05. The van der Waals surface area contributed by atoms with Crippen molar-refractivity contribution in [3.63, 3.8) is 0 Å². The number of hydrogen-bond acceptors (Lipinski definition) is 6. The summed E-state index contributed by atoms with van der Waals surface area (Å²) in [7, 11) is -3.04. The van der Waals surface area contributed by atoms with Crippen LogP contribution in [0.2, 0.25) is 0 Å². The number of hydrogen-bond donors (Lipinski definition) is 1. The SMILES string of the molecule is CCCCCc1nnc(NC(=O)C2CCS(=O)(=O)C2)s1. The Bertz CT molecular complexity index is 568. The molecular formula is C12H19N3O3S2. The number of sulfone groups is 1. The fourth-order valence-electron chi connectivity index (χ4n) is 2.14. The predicted molar refractivity (Wildman–Crippen MR) is 78.5 cm³/mol. The van der Waals surface area contributed by atoms with Gasteiger partial charge < -0.3 is 5.32 Å². The van der Waals surface area contributed by atoms with E-state index in [1.807, 2.05) is 0 Å². The maximum atomic E-state index is 11.9. The number of carbonyl (C=O) groups excluding carboxylic acids is 1. The van der Waals surface area contributed by atoms with E-state index in [1.54, 1.807) is 0 Å². The zero-order chi connectivity index (χ0) is 14.6. The van der Waals surface area contributed by atoms with Crippen molar-refractivity contribution in [2.75, 3.05) is 16.8 Å². The number of amides is 1. The first kappa shape index (κ1) is 15.4. The molecular weight excluding hydrogens is 298 g/mol. The second-order valence-electron chi connectivity index (χ2n) is 5.05. The van der Waals surface area contributed by atoms with Gasteiger partial charge in [-0.25, -0.2) is 8.42 Å². The third kappa shape index (κ3) is 4.24. The normalized spacial score (nSPS) is 20.9. The molecule has 1 atom stereocenters. The molecule has 2 rings (SSSR count). The molecule has 1 amide bonds. The summed E-state index contributed by atoms with van der Waals surface area (Å²) in [6, 6.07) is 0. The zero-order valence-corrected chi connectivity index (χ0v) is 13.1. The summed E-state index contributed by atoms with van der Waals surface area (Å²) in [4.78, 5) is 11.9. The van der Waals surface area contributed by atoms with Crippen molar-refractivity contribution in [3.8, 4) is 0 Å². The van der Waals surface area contributed by atoms with Gasteiger partial charge in [0.2, 0.25) is 11.0 Å². The van der Waals surface area contributed by atoms with Crippen LogP contribution in [-0.2, 0) is 21.1 Å². The molecule has 6 nitrogen and oxygen atoms in total. The van der Waals surface area contributed by atoms with Crippen LogP contribution in [0.15, 0.2) is 0 Å². The van der Waals surface area contributed by atoms with E-state index < -0.39 is 15.8 Å². The summed E-state index contributed by atoms with van der Waals surface area (Å²) < 4.78 is 22.7. The van der Waals surface area contributed by atoms with Crippen molar-refractivity contribution in [2.45, 2.75) is 39.0 Å². The van der Waals surface area contributed by atoms with Gasteiger partial charge in [0.1, 0.15) is 5.01 Å². The van der Waals surface area contributed by atoms with Gasteiger partial charge in [-0.2, -0.15) is 0 Å². The fourth-order valence-corrected chi connectivity index (χ4v) is 4.67. The van der Waals surface area contributed by atoms with Gasteiger partial charge in [-0.1, -0.05) is 31.1 Å². The van der Waals surface area contributed by atoms with Gasteiger partial charge in [-0.3, -0.25) is 4.79 Å². The standard InChI is InChI=1S/C12H19N3O3S2/c1-2-3-4-5-10-14-15-12(19-10)13-11(16)9-6-7-20(17,18)8-9/h9H,2-8H2,1H3,(H,13,15,16). The van der Waals surface area contributed by atoms with Crippen LogP contribution in [-0.4, -0.2) is 36.0 Å². The third-order valence-corrected chi connectivity index (χ3v) is 5.96. The molecule has 2 heterocycles. The highest BCUT2D eigenvalue weighted by Crippen LogP contribution is 2.22. The highest BCUT2D eigenvalue weighted by molar-refractivity contribution is 7.91. The molecule has 1 unspecified atom stereocenters. The summed E-state index contributed by atoms with van der Waals surface area (Å²) >= 11 is 1.37. The van der Waals surface area contributed by atoms with Crippen LogP contribution in [0.5, 0.6) is 0 Å². The van der Waals surface area contributed by atoms with E-state index in [0.717, 1.165) is 30.7 Å². The largest absolute Gasteiger partial charge is 0.300 e. The molecule has 0 spiro atoms. The van der Waals surface area contributed by atoms with Gasteiger partial charge in [-0.15, -0.1) is 10.2 Å². The second kappa shape index (κ2) is 6.62. The van der Waals surface area contributed by atoms with E-state index in [0.29, 0.717) is 11.6 Å². The molecule has 0 aromatic carbocycles. The lowest BCUT2D eigenvalue weighted by molar-refractivity contribution is -0.119. The van der Waals surface area contributed by atoms with Gasteiger partial charge in [-0.05, 0) is 12.8 Å². The van der Waals surface area contributed by atoms with Gasteiger partial charge in [0.05, 0.1) is 17.4 Å². The fraction of sp³-hybridized carbons (Fsp3) is 0.750. The van der Waals surface area contributed by atoms with E-state index in [-0.39, 0.29) is 17.4 Å². The lowest BCUT2D eigenvalue weighted by atomic mass is 10.1. The second-order valence-corrected chi connectivity index (χ2v) is 8.34. The number of unbranched alkanes of at least 4 members (excludes halogenated alkanes) is 2. The van der Waals surface area contributed by atoms with Gasteiger partial charge in [0, 0.05) is 6.42 Å². The minimum Gasteiger partial charge on any atom is -0.300 e. The molecule has 0 bridgehead atoms. The molecule has 20 heavy (non-hydrogen) atoms. The summed E-state index contributed by atoms with van der Waals surface area (Å²) in [6.45, 7) is 2.14. The van der Waals surface area contributed by atoms with Crippen molar-refractivity contribution in [3.05, 3.63) is 5.01 Å². The number of aromatic nitrogens is 2. The Morgan fingerprint density at radius 2 is 2.20 bits per heavy atom. The number of carbonyl (C=O) groups is 1. The number of rotatable bonds is 6. The molecule has 8 heteroatoms. The van der Waals surface area contributed by atoms with E-state index in [4.69, 9.17) is 0 Å². The van der Waals surface area contributed by atoms with Crippen molar-refractivity contribution in [2.24, 2.45) is 5.92 Å². The summed E-state index contributed by atoms with van der Waals surface area (Å²) in [5.41, 5.74) is 0. The quantitative estimate of drug-likeness (QED) is 0.806. The molecule has 1 aromatic rings. The summed E-state index contributed by atoms with van der Waals surface area (Å²) in [5.74, 6) is -0.667. The topological polar surface area (TPSA) is 89.0 Å². The van der Waals surface area contributed by atoms with Crippen LogP contribution in [0.1, 0.15) is 37.6 Å². The first-order valence-corrected chi connectivity index (χ1v) is 9.47. The Labute approximate surface area is 122 Å². The van der Waals surface area contributed by atoms with Crippen LogP contribution in [0, 0.1) is 5.92 Å². The summed E-state index contributed by atoms with van der Waals surface area (Å²) in [6.07, 6.45) is 4.65. The van der Waals surface area contributed by atoms with Gasteiger partial charge in [0.15, 0.2) is 9.84 Å². The maximum absolute atomic E-state index is 11.9. The average molecular weight is 317 g/mol. The molecule has 112 valence electrons. The van der Waals surface area contributed by atoms with E-state index >= 15 is 0 Å². The first-order valence-electron chi connectivity index (χ1n) is 6.84. The molecule has 1 aliphatic heterocycles. The smallest absolute Gasteiger partial charge is 0.230 e. The zero-order valence-electron chi connectivity index (χ0n) is 11.5. The van der Waals surface area contributed by atoms with Crippen molar-refractivity contribution in [1.29, 1.82) is 0 Å². The van der Waals surface area contributed by atoms with Crippen LogP contribution >= 0.6 is 11.3 Å². The van der Waals surface area contributed by atoms with Crippen LogP contribution in [0.25, 0.3) is 0 Å². The number of nitrogens with zero attached hydrogens (tertiary/aromatic N) is 2. The monoisotopic (exact) mass is 317 g/mol. The number of anilines is 1. The molecule has 1 fully saturated rings. The Hall–Kier alpha value is -1.02. The van der Waals surface area contributed by atoms with Gasteiger partial charge >= 0.3 is 0 Å². The molecule has 0 radical (unpaired) electrons. The van der Waals surface area contributed by atoms with Crippen LogP contribution in [0.3, 0.4) is 0 Å². The van der Waals surface area contributed by atoms with E-state index in [1.165, 1.54) is 11.3 Å². The third-order valence-electron chi connectivity index (χ3n) is 3.29. The van der Waals surface area contributed by atoms with E-state index in [9.17, 15) is 13.2 Å². The van der Waals surface area contributed by atoms with Gasteiger partial charge in [0.25, 0.3) is 0 Å². The first-order chi connectivity index (χ1) is 9.50. The van der Waals surface area contributed by atoms with Crippen LogP contribution < -0.4 is 5.32 Å². The molecule has 1 aromatic heterocycles. The number of nitrogens with one attached hydrogen (secondary N) is 1. The predicted octanol–water partition coefficient (Wildman–Crippen LogP) is 1.64. The molecule has 0 aliphatic carbocycles. The van der Waals surface area contributed by atoms with Crippen molar-refractivity contribution >= 4 is 32.2 Å². The minimum atomic E-state index is -3.04. The highest BCUT2D eigenvalue weighted by Gasteiger charge is 2.33. The highest BCUT2D eigenvalue weighted by atomic mass is 32.2. The summed E-state index contributed by atoms with van der Waals surface area (Å²) in [5, 5.41) is 12.0. The average Bonchev–Trinajstić information content (AvgIpc) is 2.96. The minimum absolute atomic E-state index is 0.0546.